The van der Waals surface area contributed by atoms with Crippen LogP contribution in [0.5, 0.6) is 0 Å². The molecule has 1 aromatic heterocycles. The van der Waals surface area contributed by atoms with Gasteiger partial charge in [-0.3, -0.25) is 4.57 Å². The second-order valence-electron chi connectivity index (χ2n) is 2.27. The summed E-state index contributed by atoms with van der Waals surface area (Å²) in [6.07, 6.45) is 1.36. The van der Waals surface area contributed by atoms with E-state index in [1.165, 1.54) is 12.3 Å². The summed E-state index contributed by atoms with van der Waals surface area (Å²) in [4.78, 5) is 20.9. The highest BCUT2D eigenvalue weighted by atomic mass is 31.2. The Morgan fingerprint density at radius 2 is 2.17 bits per heavy atom. The quantitative estimate of drug-likeness (QED) is 0.535. The van der Waals surface area contributed by atoms with Gasteiger partial charge in [-0.15, -0.1) is 0 Å². The molecule has 66 valence electrons. The number of nitrogens with two attached hydrogens (primary N) is 1. The van der Waals surface area contributed by atoms with Crippen molar-refractivity contribution in [3.63, 3.8) is 0 Å². The van der Waals surface area contributed by atoms with Gasteiger partial charge in [0.15, 0.2) is 5.44 Å². The van der Waals surface area contributed by atoms with Gasteiger partial charge in [0.1, 0.15) is 0 Å². The van der Waals surface area contributed by atoms with Crippen LogP contribution in [0.2, 0.25) is 0 Å². The van der Waals surface area contributed by atoms with Gasteiger partial charge in [0.05, 0.1) is 0 Å². The molecular weight excluding hydrogens is 179 g/mol. The number of aromatic nitrogens is 1. The first kappa shape index (κ1) is 9.35. The molecule has 0 aliphatic heterocycles. The molecule has 0 aromatic carbocycles. The highest BCUT2D eigenvalue weighted by molar-refractivity contribution is 7.60. The highest BCUT2D eigenvalue weighted by Crippen LogP contribution is 2.31. The van der Waals surface area contributed by atoms with Crippen molar-refractivity contribution in [1.29, 1.82) is 0 Å². The van der Waals surface area contributed by atoms with Gasteiger partial charge in [-0.2, -0.15) is 0 Å². The van der Waals surface area contributed by atoms with Crippen molar-refractivity contribution >= 4 is 13.0 Å². The lowest BCUT2D eigenvalue weighted by atomic mass is 10.3. The molecule has 1 heterocycles. The Kier molecular flexibility index (Phi) is 2.59. The largest absolute Gasteiger partial charge is 0.374 e. The van der Waals surface area contributed by atoms with Crippen LogP contribution in [0.1, 0.15) is 5.56 Å². The summed E-state index contributed by atoms with van der Waals surface area (Å²) in [5.41, 5.74) is 5.80. The van der Waals surface area contributed by atoms with Crippen molar-refractivity contribution in [2.45, 2.75) is 6.54 Å². The van der Waals surface area contributed by atoms with Crippen molar-refractivity contribution in [2.24, 2.45) is 5.73 Å². The number of hydrogen-bond donors (Lipinski definition) is 3. The molecule has 0 saturated heterocycles. The van der Waals surface area contributed by atoms with Gasteiger partial charge in [0.2, 0.25) is 0 Å². The van der Waals surface area contributed by atoms with Gasteiger partial charge in [-0.05, 0) is 11.6 Å². The van der Waals surface area contributed by atoms with Gasteiger partial charge < -0.3 is 15.5 Å². The fraction of sp³-hybridized carbons (Fsp3) is 0.167. The Bertz CT molecular complexity index is 305. The van der Waals surface area contributed by atoms with E-state index in [0.717, 1.165) is 5.56 Å². The number of nitrogens with zero attached hydrogens (tertiary/aromatic N) is 1. The third-order valence-corrected chi connectivity index (χ3v) is 2.20. The van der Waals surface area contributed by atoms with Gasteiger partial charge in [0, 0.05) is 12.7 Å². The second kappa shape index (κ2) is 3.33. The smallest absolute Gasteiger partial charge is 0.326 e. The summed E-state index contributed by atoms with van der Waals surface area (Å²) < 4.78 is 10.6. The summed E-state index contributed by atoms with van der Waals surface area (Å²) in [7, 11) is -4.20. The lowest BCUT2D eigenvalue weighted by molar-refractivity contribution is 0.386. The second-order valence-corrected chi connectivity index (χ2v) is 3.82. The predicted octanol–water partition coefficient (Wildman–Crippen LogP) is -0.657. The lowest BCUT2D eigenvalue weighted by Crippen LogP contribution is -2.09. The Morgan fingerprint density at radius 3 is 2.50 bits per heavy atom. The molecule has 0 aliphatic carbocycles. The highest BCUT2D eigenvalue weighted by Gasteiger charge is 2.17. The van der Waals surface area contributed by atoms with Crippen LogP contribution < -0.4 is 11.2 Å². The minimum Gasteiger partial charge on any atom is -0.326 e. The fourth-order valence-electron chi connectivity index (χ4n) is 0.710. The van der Waals surface area contributed by atoms with Crippen LogP contribution in [0.25, 0.3) is 0 Å². The summed E-state index contributed by atoms with van der Waals surface area (Å²) in [5, 5.41) is 0. The average Bonchev–Trinajstić information content (AvgIpc) is 2.03. The summed E-state index contributed by atoms with van der Waals surface area (Å²) in [5.74, 6) is 0. The predicted molar refractivity (Wildman–Crippen MR) is 43.8 cm³/mol. The maximum absolute atomic E-state index is 10.6. The maximum Gasteiger partial charge on any atom is 0.374 e. The molecule has 4 N–H and O–H groups in total. The Hall–Kier alpha value is -0.740. The third kappa shape index (κ3) is 2.12. The molecule has 6 heteroatoms. The Morgan fingerprint density at radius 1 is 1.50 bits per heavy atom. The number of hydrogen-bond acceptors (Lipinski definition) is 3. The van der Waals surface area contributed by atoms with Crippen LogP contribution in [0.15, 0.2) is 18.3 Å². The van der Waals surface area contributed by atoms with E-state index in [1.807, 2.05) is 0 Å². The van der Waals surface area contributed by atoms with E-state index in [2.05, 4.69) is 4.98 Å². The molecule has 0 radical (unpaired) electrons. The van der Waals surface area contributed by atoms with E-state index >= 15 is 0 Å². The van der Waals surface area contributed by atoms with Crippen LogP contribution in [0, 0.1) is 0 Å². The van der Waals surface area contributed by atoms with Gasteiger partial charge in [-0.1, -0.05) is 6.07 Å². The van der Waals surface area contributed by atoms with E-state index in [1.54, 1.807) is 6.07 Å². The van der Waals surface area contributed by atoms with Crippen LogP contribution >= 0.6 is 7.60 Å². The first-order chi connectivity index (χ1) is 5.54. The van der Waals surface area contributed by atoms with Gasteiger partial charge in [-0.25, -0.2) is 4.98 Å². The molecule has 0 bridgehead atoms. The van der Waals surface area contributed by atoms with Gasteiger partial charge in [0.25, 0.3) is 0 Å². The minimum atomic E-state index is -4.20. The van der Waals surface area contributed by atoms with Crippen LogP contribution in [0.4, 0.5) is 0 Å². The SMILES string of the molecule is NCc1ccc(P(=O)(O)O)nc1. The van der Waals surface area contributed by atoms with Crippen molar-refractivity contribution in [2.75, 3.05) is 0 Å². The van der Waals surface area contributed by atoms with Gasteiger partial charge >= 0.3 is 7.60 Å². The zero-order valence-corrected chi connectivity index (χ0v) is 7.11. The van der Waals surface area contributed by atoms with E-state index < -0.39 is 7.60 Å². The normalized spacial score (nSPS) is 11.6. The van der Waals surface area contributed by atoms with E-state index in [-0.39, 0.29) is 5.44 Å². The monoisotopic (exact) mass is 188 g/mol. The van der Waals surface area contributed by atoms with E-state index in [0.29, 0.717) is 6.54 Å². The Labute approximate surface area is 69.4 Å². The molecule has 0 aliphatic rings. The van der Waals surface area contributed by atoms with Crippen molar-refractivity contribution in [1.82, 2.24) is 4.98 Å². The molecule has 0 amide bonds. The summed E-state index contributed by atoms with van der Waals surface area (Å²) in [6.45, 7) is 0.314. The Balaban J connectivity index is 3.01. The fourth-order valence-corrected chi connectivity index (χ4v) is 1.19. The molecule has 5 nitrogen and oxygen atoms in total. The van der Waals surface area contributed by atoms with Crippen molar-refractivity contribution in [3.05, 3.63) is 23.9 Å². The number of pyridine rings is 1. The van der Waals surface area contributed by atoms with Crippen molar-refractivity contribution in [3.8, 4) is 0 Å². The maximum atomic E-state index is 10.6. The standard InChI is InChI=1S/C6H9N2O3P/c7-3-5-1-2-6(8-4-5)12(9,10)11/h1-2,4H,3,7H2,(H2,9,10,11). The molecule has 0 atom stereocenters. The summed E-state index contributed by atoms with van der Waals surface area (Å²) in [6, 6.07) is 2.82. The minimum absolute atomic E-state index is 0.222. The average molecular weight is 188 g/mol. The molecule has 0 saturated carbocycles. The molecular formula is C6H9N2O3P. The molecule has 1 aromatic rings. The zero-order chi connectivity index (χ0) is 9.19. The first-order valence-electron chi connectivity index (χ1n) is 3.25. The van der Waals surface area contributed by atoms with E-state index in [4.69, 9.17) is 15.5 Å². The number of rotatable bonds is 2. The van der Waals surface area contributed by atoms with Crippen LogP contribution in [-0.4, -0.2) is 14.8 Å². The van der Waals surface area contributed by atoms with Crippen molar-refractivity contribution < 1.29 is 14.4 Å². The molecule has 0 fully saturated rings. The summed E-state index contributed by atoms with van der Waals surface area (Å²) >= 11 is 0. The first-order valence-corrected chi connectivity index (χ1v) is 4.86. The molecule has 0 spiro atoms. The topological polar surface area (TPSA) is 96.4 Å². The third-order valence-electron chi connectivity index (χ3n) is 1.34. The zero-order valence-electron chi connectivity index (χ0n) is 6.21. The van der Waals surface area contributed by atoms with Crippen LogP contribution in [0.3, 0.4) is 0 Å². The molecule has 1 rings (SSSR count). The van der Waals surface area contributed by atoms with Crippen LogP contribution in [-0.2, 0) is 11.1 Å². The lowest BCUT2D eigenvalue weighted by Gasteiger charge is -2.02. The van der Waals surface area contributed by atoms with E-state index in [9.17, 15) is 4.57 Å². The molecule has 0 unspecified atom stereocenters. The molecule has 12 heavy (non-hydrogen) atoms.